The monoisotopic (exact) mass is 270 g/mol. The van der Waals surface area contributed by atoms with E-state index in [1.165, 1.54) is 0 Å². The van der Waals surface area contributed by atoms with Gasteiger partial charge >= 0.3 is 0 Å². The fourth-order valence-electron chi connectivity index (χ4n) is 2.58. The van der Waals surface area contributed by atoms with Crippen LogP contribution in [0, 0.1) is 11.8 Å². The molecule has 0 aromatic rings. The van der Waals surface area contributed by atoms with Crippen molar-refractivity contribution in [2.45, 2.75) is 59.1 Å². The molecule has 19 heavy (non-hydrogen) atoms. The van der Waals surface area contributed by atoms with E-state index in [1.54, 1.807) is 0 Å². The maximum atomic E-state index is 11.9. The molecule has 3 unspecified atom stereocenters. The first-order valence-electron chi connectivity index (χ1n) is 7.58. The fraction of sp³-hybridized carbons (Fsp3) is 0.933. The van der Waals surface area contributed by atoms with Crippen molar-refractivity contribution in [3.8, 4) is 0 Å². The van der Waals surface area contributed by atoms with Gasteiger partial charge in [-0.15, -0.1) is 0 Å². The van der Waals surface area contributed by atoms with Gasteiger partial charge in [0, 0.05) is 12.6 Å². The Morgan fingerprint density at radius 2 is 2.00 bits per heavy atom. The summed E-state index contributed by atoms with van der Waals surface area (Å²) in [6.45, 7) is 10.5. The number of rotatable bonds is 7. The minimum Gasteiger partial charge on any atom is -0.393 e. The first-order valence-corrected chi connectivity index (χ1v) is 7.58. The molecule has 0 saturated carbocycles. The topological polar surface area (TPSA) is 52.6 Å². The molecule has 1 amide bonds. The van der Waals surface area contributed by atoms with Crippen LogP contribution in [-0.4, -0.2) is 47.7 Å². The van der Waals surface area contributed by atoms with Crippen LogP contribution in [-0.2, 0) is 4.79 Å². The molecule has 0 aromatic heterocycles. The van der Waals surface area contributed by atoms with Crippen LogP contribution in [0.5, 0.6) is 0 Å². The molecule has 1 saturated heterocycles. The third kappa shape index (κ3) is 6.39. The number of hydrogen-bond donors (Lipinski definition) is 2. The number of nitrogens with one attached hydrogen (secondary N) is 1. The summed E-state index contributed by atoms with van der Waals surface area (Å²) in [6, 6.07) is 0.255. The van der Waals surface area contributed by atoms with Crippen LogP contribution in [0.3, 0.4) is 0 Å². The van der Waals surface area contributed by atoms with Gasteiger partial charge in [-0.05, 0) is 51.5 Å². The Hall–Kier alpha value is -0.610. The quantitative estimate of drug-likeness (QED) is 0.739. The zero-order valence-corrected chi connectivity index (χ0v) is 12.9. The molecule has 0 aliphatic carbocycles. The summed E-state index contributed by atoms with van der Waals surface area (Å²) in [5.41, 5.74) is 0. The van der Waals surface area contributed by atoms with E-state index in [4.69, 9.17) is 0 Å². The molecule has 0 spiro atoms. The lowest BCUT2D eigenvalue weighted by atomic mass is 10.0. The summed E-state index contributed by atoms with van der Waals surface area (Å²) in [5, 5.41) is 12.6. The van der Waals surface area contributed by atoms with Crippen LogP contribution in [0.25, 0.3) is 0 Å². The molecular weight excluding hydrogens is 240 g/mol. The predicted molar refractivity (Wildman–Crippen MR) is 77.9 cm³/mol. The van der Waals surface area contributed by atoms with Gasteiger partial charge in [0.1, 0.15) is 0 Å². The maximum Gasteiger partial charge on any atom is 0.234 e. The van der Waals surface area contributed by atoms with Gasteiger partial charge < -0.3 is 10.4 Å². The van der Waals surface area contributed by atoms with Crippen LogP contribution >= 0.6 is 0 Å². The number of aliphatic hydroxyl groups is 1. The van der Waals surface area contributed by atoms with Gasteiger partial charge in [-0.2, -0.15) is 0 Å². The SMILES string of the molecule is CC(C)CCC(C)NC(=O)CN1CCC(C(C)O)C1. The Morgan fingerprint density at radius 1 is 1.32 bits per heavy atom. The molecule has 4 heteroatoms. The summed E-state index contributed by atoms with van der Waals surface area (Å²) in [5.74, 6) is 1.12. The molecule has 0 bridgehead atoms. The van der Waals surface area contributed by atoms with Crippen molar-refractivity contribution in [1.29, 1.82) is 0 Å². The Kier molecular flexibility index (Phi) is 6.80. The summed E-state index contributed by atoms with van der Waals surface area (Å²) in [6.07, 6.45) is 2.92. The van der Waals surface area contributed by atoms with Gasteiger partial charge in [0.15, 0.2) is 0 Å². The number of aliphatic hydroxyl groups excluding tert-OH is 1. The molecule has 0 aromatic carbocycles. The van der Waals surface area contributed by atoms with Crippen molar-refractivity contribution in [2.75, 3.05) is 19.6 Å². The van der Waals surface area contributed by atoms with Crippen molar-refractivity contribution < 1.29 is 9.90 Å². The van der Waals surface area contributed by atoms with E-state index in [9.17, 15) is 9.90 Å². The number of amides is 1. The molecule has 1 aliphatic rings. The average molecular weight is 270 g/mol. The molecule has 3 atom stereocenters. The molecule has 4 nitrogen and oxygen atoms in total. The molecule has 1 heterocycles. The second kappa shape index (κ2) is 7.85. The maximum absolute atomic E-state index is 11.9. The van der Waals surface area contributed by atoms with E-state index in [2.05, 4.69) is 31.0 Å². The largest absolute Gasteiger partial charge is 0.393 e. The lowest BCUT2D eigenvalue weighted by molar-refractivity contribution is -0.122. The van der Waals surface area contributed by atoms with Gasteiger partial charge in [0.2, 0.25) is 5.91 Å². The Bertz CT molecular complexity index is 279. The minimum absolute atomic E-state index is 0.113. The zero-order chi connectivity index (χ0) is 14.4. The van der Waals surface area contributed by atoms with Crippen LogP contribution in [0.4, 0.5) is 0 Å². The van der Waals surface area contributed by atoms with Crippen molar-refractivity contribution in [2.24, 2.45) is 11.8 Å². The second-order valence-corrected chi connectivity index (χ2v) is 6.46. The van der Waals surface area contributed by atoms with Gasteiger partial charge in [-0.3, -0.25) is 9.69 Å². The highest BCUT2D eigenvalue weighted by molar-refractivity contribution is 5.78. The number of hydrogen-bond acceptors (Lipinski definition) is 3. The predicted octanol–water partition coefficient (Wildman–Crippen LogP) is 1.63. The van der Waals surface area contributed by atoms with Crippen molar-refractivity contribution in [3.63, 3.8) is 0 Å². The number of likely N-dealkylation sites (tertiary alicyclic amines) is 1. The zero-order valence-electron chi connectivity index (χ0n) is 12.9. The van der Waals surface area contributed by atoms with Gasteiger partial charge in [-0.25, -0.2) is 0 Å². The number of nitrogens with zero attached hydrogens (tertiary/aromatic N) is 1. The number of carbonyl (C=O) groups excluding carboxylic acids is 1. The molecule has 1 fully saturated rings. The first-order chi connectivity index (χ1) is 8.88. The van der Waals surface area contributed by atoms with E-state index in [1.807, 2.05) is 6.92 Å². The van der Waals surface area contributed by atoms with E-state index in [0.717, 1.165) is 32.4 Å². The van der Waals surface area contributed by atoms with E-state index < -0.39 is 0 Å². The second-order valence-electron chi connectivity index (χ2n) is 6.46. The van der Waals surface area contributed by atoms with Gasteiger partial charge in [0.25, 0.3) is 0 Å². The van der Waals surface area contributed by atoms with E-state index in [-0.39, 0.29) is 18.1 Å². The van der Waals surface area contributed by atoms with E-state index >= 15 is 0 Å². The average Bonchev–Trinajstić information content (AvgIpc) is 2.74. The highest BCUT2D eigenvalue weighted by Crippen LogP contribution is 2.19. The normalized spacial score (nSPS) is 23.6. The third-order valence-electron chi connectivity index (χ3n) is 3.94. The molecule has 112 valence electrons. The Balaban J connectivity index is 2.21. The van der Waals surface area contributed by atoms with Gasteiger partial charge in [0.05, 0.1) is 12.6 Å². The molecular formula is C15H30N2O2. The van der Waals surface area contributed by atoms with Crippen molar-refractivity contribution >= 4 is 5.91 Å². The van der Waals surface area contributed by atoms with Crippen LogP contribution in [0.15, 0.2) is 0 Å². The molecule has 1 rings (SSSR count). The smallest absolute Gasteiger partial charge is 0.234 e. The lowest BCUT2D eigenvalue weighted by Gasteiger charge is -2.19. The van der Waals surface area contributed by atoms with Gasteiger partial charge in [-0.1, -0.05) is 13.8 Å². The Labute approximate surface area is 117 Å². The summed E-state index contributed by atoms with van der Waals surface area (Å²) >= 11 is 0. The van der Waals surface area contributed by atoms with Crippen molar-refractivity contribution in [3.05, 3.63) is 0 Å². The number of carbonyl (C=O) groups is 1. The first kappa shape index (κ1) is 16.4. The van der Waals surface area contributed by atoms with Crippen molar-refractivity contribution in [1.82, 2.24) is 10.2 Å². The van der Waals surface area contributed by atoms with Crippen LogP contribution in [0.1, 0.15) is 47.0 Å². The highest BCUT2D eigenvalue weighted by Gasteiger charge is 2.27. The Morgan fingerprint density at radius 3 is 2.53 bits per heavy atom. The summed E-state index contributed by atoms with van der Waals surface area (Å²) < 4.78 is 0. The molecule has 0 radical (unpaired) electrons. The third-order valence-corrected chi connectivity index (χ3v) is 3.94. The fourth-order valence-corrected chi connectivity index (χ4v) is 2.58. The molecule has 1 aliphatic heterocycles. The highest BCUT2D eigenvalue weighted by atomic mass is 16.3. The van der Waals surface area contributed by atoms with Crippen LogP contribution in [0.2, 0.25) is 0 Å². The minimum atomic E-state index is -0.266. The summed E-state index contributed by atoms with van der Waals surface area (Å²) in [4.78, 5) is 14.1. The van der Waals surface area contributed by atoms with Crippen LogP contribution < -0.4 is 5.32 Å². The van der Waals surface area contributed by atoms with E-state index in [0.29, 0.717) is 18.4 Å². The standard InChI is InChI=1S/C15H30N2O2/c1-11(2)5-6-12(3)16-15(19)10-17-8-7-14(9-17)13(4)18/h11-14,18H,5-10H2,1-4H3,(H,16,19). The lowest BCUT2D eigenvalue weighted by Crippen LogP contribution is -2.40. The summed E-state index contributed by atoms with van der Waals surface area (Å²) in [7, 11) is 0. The molecule has 2 N–H and O–H groups in total.